The molecule has 3 rings (SSSR count). The molecule has 0 unspecified atom stereocenters. The summed E-state index contributed by atoms with van der Waals surface area (Å²) < 4.78 is 26.7. The van der Waals surface area contributed by atoms with Crippen molar-refractivity contribution < 1.29 is 23.4 Å². The first-order chi connectivity index (χ1) is 14.2. The molecule has 7 nitrogen and oxygen atoms in total. The van der Waals surface area contributed by atoms with Crippen LogP contribution in [0.15, 0.2) is 40.8 Å². The molecule has 0 aliphatic heterocycles. The van der Waals surface area contributed by atoms with Crippen LogP contribution in [0.5, 0.6) is 23.0 Å². The molecule has 0 radical (unpaired) electrons. The lowest BCUT2D eigenvalue weighted by atomic mass is 10.2. The minimum Gasteiger partial charge on any atom is -0.493 e. The summed E-state index contributed by atoms with van der Waals surface area (Å²) in [5.74, 6) is 3.44. The summed E-state index contributed by atoms with van der Waals surface area (Å²) in [7, 11) is 6.40. The molecule has 0 amide bonds. The van der Waals surface area contributed by atoms with E-state index in [1.54, 1.807) is 40.6 Å². The van der Waals surface area contributed by atoms with Gasteiger partial charge in [-0.2, -0.15) is 0 Å². The number of hydrogen-bond acceptors (Lipinski definition) is 7. The number of rotatable bonds is 8. The van der Waals surface area contributed by atoms with Crippen molar-refractivity contribution in [2.24, 2.45) is 0 Å². The molecule has 0 aliphatic carbocycles. The largest absolute Gasteiger partial charge is 0.493 e. The summed E-state index contributed by atoms with van der Waals surface area (Å²) in [4.78, 5) is 0. The van der Waals surface area contributed by atoms with Gasteiger partial charge in [0.05, 0.1) is 28.4 Å². The van der Waals surface area contributed by atoms with Crippen LogP contribution in [0.25, 0.3) is 24.3 Å². The normalized spacial score (nSPS) is 11.2. The Labute approximate surface area is 169 Å². The summed E-state index contributed by atoms with van der Waals surface area (Å²) in [5.41, 5.74) is 1.84. The molecule has 2 aromatic carbocycles. The molecule has 150 valence electrons. The summed E-state index contributed by atoms with van der Waals surface area (Å²) in [6, 6.07) is 11.2. The quantitative estimate of drug-likeness (QED) is 0.559. The number of methoxy groups -OCH3 is 4. The average molecular weight is 394 g/mol. The second-order valence-corrected chi connectivity index (χ2v) is 5.87. The Balaban J connectivity index is 1.71. The van der Waals surface area contributed by atoms with Crippen LogP contribution >= 0.6 is 0 Å². The highest BCUT2D eigenvalue weighted by atomic mass is 16.5. The van der Waals surface area contributed by atoms with Gasteiger partial charge in [-0.05, 0) is 47.5 Å². The summed E-state index contributed by atoms with van der Waals surface area (Å²) >= 11 is 0. The molecule has 0 fully saturated rings. The van der Waals surface area contributed by atoms with E-state index in [1.807, 2.05) is 48.6 Å². The number of nitrogens with zero attached hydrogens (tertiary/aromatic N) is 2. The van der Waals surface area contributed by atoms with Crippen LogP contribution in [0.1, 0.15) is 22.9 Å². The topological polar surface area (TPSA) is 75.8 Å². The fourth-order valence-corrected chi connectivity index (χ4v) is 2.63. The molecular formula is C22H22N2O5. The van der Waals surface area contributed by atoms with Gasteiger partial charge < -0.3 is 23.4 Å². The van der Waals surface area contributed by atoms with Crippen molar-refractivity contribution in [2.45, 2.75) is 0 Å². The van der Waals surface area contributed by atoms with Crippen molar-refractivity contribution in [3.8, 4) is 23.0 Å². The molecule has 3 aromatic rings. The predicted molar refractivity (Wildman–Crippen MR) is 111 cm³/mol. The fourth-order valence-electron chi connectivity index (χ4n) is 2.63. The lowest BCUT2D eigenvalue weighted by Gasteiger charge is -2.07. The Morgan fingerprint density at radius 2 is 1.00 bits per heavy atom. The Bertz CT molecular complexity index is 944. The van der Waals surface area contributed by atoms with Gasteiger partial charge in [-0.25, -0.2) is 0 Å². The average Bonchev–Trinajstić information content (AvgIpc) is 3.23. The monoisotopic (exact) mass is 394 g/mol. The zero-order valence-corrected chi connectivity index (χ0v) is 16.7. The van der Waals surface area contributed by atoms with Crippen molar-refractivity contribution in [1.82, 2.24) is 10.2 Å². The smallest absolute Gasteiger partial charge is 0.240 e. The van der Waals surface area contributed by atoms with E-state index < -0.39 is 0 Å². The molecule has 0 atom stereocenters. The first kappa shape index (κ1) is 20.0. The lowest BCUT2D eigenvalue weighted by Crippen LogP contribution is -1.90. The van der Waals surface area contributed by atoms with Gasteiger partial charge in [0.2, 0.25) is 11.8 Å². The van der Waals surface area contributed by atoms with Crippen LogP contribution in [0.2, 0.25) is 0 Å². The van der Waals surface area contributed by atoms with Crippen molar-refractivity contribution in [2.75, 3.05) is 28.4 Å². The predicted octanol–water partition coefficient (Wildman–Crippen LogP) is 4.44. The van der Waals surface area contributed by atoms with E-state index >= 15 is 0 Å². The molecule has 0 spiro atoms. The number of hydrogen-bond donors (Lipinski definition) is 0. The van der Waals surface area contributed by atoms with E-state index in [9.17, 15) is 0 Å². The molecule has 29 heavy (non-hydrogen) atoms. The molecule has 0 N–H and O–H groups in total. The van der Waals surface area contributed by atoms with Crippen molar-refractivity contribution in [3.63, 3.8) is 0 Å². The van der Waals surface area contributed by atoms with Crippen molar-refractivity contribution in [1.29, 1.82) is 0 Å². The van der Waals surface area contributed by atoms with Crippen LogP contribution < -0.4 is 18.9 Å². The Morgan fingerprint density at radius 3 is 1.38 bits per heavy atom. The number of ether oxygens (including phenoxy) is 4. The highest BCUT2D eigenvalue weighted by molar-refractivity contribution is 5.70. The first-order valence-electron chi connectivity index (χ1n) is 8.80. The van der Waals surface area contributed by atoms with Gasteiger partial charge in [0.1, 0.15) is 0 Å². The minimum absolute atomic E-state index is 0.395. The fraction of sp³-hybridized carbons (Fsp3) is 0.182. The van der Waals surface area contributed by atoms with Crippen molar-refractivity contribution >= 4 is 24.3 Å². The molecule has 1 heterocycles. The Kier molecular flexibility index (Phi) is 6.52. The van der Waals surface area contributed by atoms with Gasteiger partial charge in [-0.15, -0.1) is 10.2 Å². The van der Waals surface area contributed by atoms with E-state index in [0.717, 1.165) is 11.1 Å². The van der Waals surface area contributed by atoms with Gasteiger partial charge in [0, 0.05) is 12.2 Å². The molecule has 0 saturated heterocycles. The van der Waals surface area contributed by atoms with Crippen LogP contribution in [-0.2, 0) is 0 Å². The summed E-state index contributed by atoms with van der Waals surface area (Å²) in [5, 5.41) is 8.05. The minimum atomic E-state index is 0.395. The molecule has 1 aromatic heterocycles. The maximum Gasteiger partial charge on any atom is 0.240 e. The first-order valence-corrected chi connectivity index (χ1v) is 8.80. The van der Waals surface area contributed by atoms with Gasteiger partial charge in [0.15, 0.2) is 23.0 Å². The van der Waals surface area contributed by atoms with Crippen LogP contribution in [-0.4, -0.2) is 38.6 Å². The standard InChI is InChI=1S/C22H22N2O5/c1-25-17-9-5-15(13-19(17)27-3)7-11-21-23-24-22(29-21)12-8-16-6-10-18(26-2)20(14-16)28-4/h5-14H,1-4H3/b11-7+,12-8+. The summed E-state index contributed by atoms with van der Waals surface area (Å²) in [6.45, 7) is 0. The lowest BCUT2D eigenvalue weighted by molar-refractivity contribution is 0.355. The van der Waals surface area contributed by atoms with Crippen LogP contribution in [0, 0.1) is 0 Å². The second kappa shape index (κ2) is 9.45. The maximum atomic E-state index is 5.62. The zero-order valence-electron chi connectivity index (χ0n) is 16.7. The molecule has 0 bridgehead atoms. The molecule has 0 saturated carbocycles. The van der Waals surface area contributed by atoms with Crippen LogP contribution in [0.3, 0.4) is 0 Å². The maximum absolute atomic E-state index is 5.62. The third-order valence-corrected chi connectivity index (χ3v) is 4.11. The van der Waals surface area contributed by atoms with E-state index in [0.29, 0.717) is 34.8 Å². The highest BCUT2D eigenvalue weighted by Crippen LogP contribution is 2.29. The van der Waals surface area contributed by atoms with Crippen molar-refractivity contribution in [3.05, 3.63) is 59.3 Å². The van der Waals surface area contributed by atoms with Gasteiger partial charge >= 0.3 is 0 Å². The third kappa shape index (κ3) is 4.95. The summed E-state index contributed by atoms with van der Waals surface area (Å²) in [6.07, 6.45) is 7.19. The van der Waals surface area contributed by atoms with Gasteiger partial charge in [0.25, 0.3) is 0 Å². The highest BCUT2D eigenvalue weighted by Gasteiger charge is 2.05. The van der Waals surface area contributed by atoms with Gasteiger partial charge in [-0.1, -0.05) is 12.1 Å². The number of benzene rings is 2. The Hall–Kier alpha value is -3.74. The van der Waals surface area contributed by atoms with E-state index in [-0.39, 0.29) is 0 Å². The van der Waals surface area contributed by atoms with E-state index in [2.05, 4.69) is 10.2 Å². The number of aromatic nitrogens is 2. The van der Waals surface area contributed by atoms with Gasteiger partial charge in [-0.3, -0.25) is 0 Å². The van der Waals surface area contributed by atoms with Crippen LogP contribution in [0.4, 0.5) is 0 Å². The molecule has 7 heteroatoms. The molecular weight excluding hydrogens is 372 g/mol. The Morgan fingerprint density at radius 1 is 0.586 bits per heavy atom. The van der Waals surface area contributed by atoms with E-state index in [1.165, 1.54) is 0 Å². The molecule has 0 aliphatic rings. The third-order valence-electron chi connectivity index (χ3n) is 4.11. The second-order valence-electron chi connectivity index (χ2n) is 5.87. The zero-order chi connectivity index (χ0) is 20.6. The SMILES string of the molecule is COc1ccc(/C=C/c2nnc(/C=C/c3ccc(OC)c(OC)c3)o2)cc1OC. The van der Waals surface area contributed by atoms with E-state index in [4.69, 9.17) is 23.4 Å².